The van der Waals surface area contributed by atoms with Gasteiger partial charge in [-0.3, -0.25) is 4.79 Å². The summed E-state index contributed by atoms with van der Waals surface area (Å²) in [5.74, 6) is -1.70. The Morgan fingerprint density at radius 2 is 1.94 bits per heavy atom. The van der Waals surface area contributed by atoms with Gasteiger partial charge >= 0.3 is 5.97 Å². The van der Waals surface area contributed by atoms with Gasteiger partial charge in [0.05, 0.1) is 18.0 Å². The van der Waals surface area contributed by atoms with Crippen LogP contribution in [0.25, 0.3) is 10.9 Å². The predicted octanol–water partition coefficient (Wildman–Crippen LogP) is 4.09. The molecule has 0 radical (unpaired) electrons. The molecule has 36 heavy (non-hydrogen) atoms. The Bertz CT molecular complexity index is 1410. The van der Waals surface area contributed by atoms with Crippen LogP contribution in [0.3, 0.4) is 0 Å². The van der Waals surface area contributed by atoms with Gasteiger partial charge in [-0.1, -0.05) is 18.2 Å². The molecule has 1 aliphatic heterocycles. The number of aromatic nitrogens is 1. The van der Waals surface area contributed by atoms with Crippen LogP contribution in [0.1, 0.15) is 36.2 Å². The highest BCUT2D eigenvalue weighted by atomic mass is 32.1. The molecular weight excluding hydrogens is 483 g/mol. The van der Waals surface area contributed by atoms with Crippen molar-refractivity contribution < 1.29 is 19.0 Å². The molecule has 1 aliphatic carbocycles. The van der Waals surface area contributed by atoms with Gasteiger partial charge in [-0.05, 0) is 50.2 Å². The first-order valence-corrected chi connectivity index (χ1v) is 12.3. The van der Waals surface area contributed by atoms with Crippen molar-refractivity contribution >= 4 is 45.6 Å². The minimum atomic E-state index is -1.33. The zero-order chi connectivity index (χ0) is 25.6. The molecule has 0 amide bonds. The van der Waals surface area contributed by atoms with Crippen molar-refractivity contribution in [3.63, 3.8) is 0 Å². The summed E-state index contributed by atoms with van der Waals surface area (Å²) in [6, 6.07) is 10.9. The molecule has 2 fully saturated rings. The predicted molar refractivity (Wildman–Crippen MR) is 141 cm³/mol. The standard InChI is InChI=1S/C26H27FN4O4S/c1-15-13-29(10-11-30(15)26(36)28-16-6-4-3-5-7-16)22-20(27)12-18-21(24(22)35-2)31(17-8-9-17)14-19(23(18)32)25(33)34/h3-7,12,14-15,17H,8-11,13H2,1-2H3,(H,28,36)(H,33,34). The lowest BCUT2D eigenvalue weighted by Gasteiger charge is -2.42. The van der Waals surface area contributed by atoms with E-state index >= 15 is 4.39 Å². The van der Waals surface area contributed by atoms with Gasteiger partial charge in [0.25, 0.3) is 0 Å². The van der Waals surface area contributed by atoms with E-state index in [2.05, 4.69) is 10.2 Å². The monoisotopic (exact) mass is 510 g/mol. The topological polar surface area (TPSA) is 87.0 Å². The third-order valence-electron chi connectivity index (χ3n) is 6.80. The Balaban J connectivity index is 1.50. The van der Waals surface area contributed by atoms with Crippen LogP contribution in [0.5, 0.6) is 5.75 Å². The molecule has 2 N–H and O–H groups in total. The zero-order valence-corrected chi connectivity index (χ0v) is 20.8. The number of pyridine rings is 1. The second kappa shape index (κ2) is 9.42. The Kier molecular flexibility index (Phi) is 6.29. The molecule has 10 heteroatoms. The van der Waals surface area contributed by atoms with E-state index in [4.69, 9.17) is 17.0 Å². The minimum absolute atomic E-state index is 0.0137. The SMILES string of the molecule is COc1c(N2CCN(C(=S)Nc3ccccc3)C(C)C2)c(F)cc2c(=O)c(C(=O)O)cn(C3CC3)c12. The summed E-state index contributed by atoms with van der Waals surface area (Å²) >= 11 is 5.64. The molecule has 5 rings (SSSR count). The second-order valence-corrected chi connectivity index (χ2v) is 9.62. The first kappa shape index (κ1) is 24.1. The van der Waals surface area contributed by atoms with Crippen molar-refractivity contribution in [1.29, 1.82) is 0 Å². The quantitative estimate of drug-likeness (QED) is 0.497. The number of para-hydroxylation sites is 1. The third kappa shape index (κ3) is 4.26. The van der Waals surface area contributed by atoms with Crippen molar-refractivity contribution in [2.75, 3.05) is 37.0 Å². The molecule has 3 aromatic rings. The summed E-state index contributed by atoms with van der Waals surface area (Å²) in [6.45, 7) is 3.56. The van der Waals surface area contributed by atoms with E-state index in [0.717, 1.165) is 24.6 Å². The molecule has 2 aromatic carbocycles. The molecule has 0 spiro atoms. The number of halogens is 1. The number of rotatable bonds is 5. The van der Waals surface area contributed by atoms with Crippen LogP contribution in [0.15, 0.2) is 47.4 Å². The molecule has 188 valence electrons. The van der Waals surface area contributed by atoms with Gasteiger partial charge < -0.3 is 29.5 Å². The Hall–Kier alpha value is -3.66. The van der Waals surface area contributed by atoms with E-state index in [9.17, 15) is 14.7 Å². The highest BCUT2D eigenvalue weighted by Crippen LogP contribution is 2.44. The third-order valence-corrected chi connectivity index (χ3v) is 7.14. The van der Waals surface area contributed by atoms with Crippen molar-refractivity contribution in [1.82, 2.24) is 9.47 Å². The molecule has 1 aromatic heterocycles. The lowest BCUT2D eigenvalue weighted by Crippen LogP contribution is -2.55. The van der Waals surface area contributed by atoms with Gasteiger partial charge in [0.1, 0.15) is 11.3 Å². The van der Waals surface area contributed by atoms with Crippen molar-refractivity contribution in [2.45, 2.75) is 31.8 Å². The number of aromatic carboxylic acids is 1. The second-order valence-electron chi connectivity index (χ2n) is 9.24. The van der Waals surface area contributed by atoms with E-state index < -0.39 is 17.2 Å². The van der Waals surface area contributed by atoms with E-state index in [1.165, 1.54) is 13.3 Å². The van der Waals surface area contributed by atoms with Gasteiger partial charge in [0.2, 0.25) is 5.43 Å². The summed E-state index contributed by atoms with van der Waals surface area (Å²) in [5, 5.41) is 13.4. The van der Waals surface area contributed by atoms with Crippen LogP contribution in [0.2, 0.25) is 0 Å². The number of hydrogen-bond acceptors (Lipinski definition) is 5. The van der Waals surface area contributed by atoms with Crippen molar-refractivity contribution in [3.8, 4) is 5.75 Å². The maximum Gasteiger partial charge on any atom is 0.341 e. The maximum absolute atomic E-state index is 15.6. The number of carbonyl (C=O) groups is 1. The number of thiocarbonyl (C=S) groups is 1. The van der Waals surface area contributed by atoms with Gasteiger partial charge in [-0.25, -0.2) is 9.18 Å². The van der Waals surface area contributed by atoms with Crippen LogP contribution < -0.4 is 20.4 Å². The number of ether oxygens (including phenoxy) is 1. The molecule has 1 unspecified atom stereocenters. The number of carboxylic acids is 1. The van der Waals surface area contributed by atoms with E-state index in [-0.39, 0.29) is 34.5 Å². The minimum Gasteiger partial charge on any atom is -0.492 e. The first-order valence-electron chi connectivity index (χ1n) is 11.9. The van der Waals surface area contributed by atoms with Crippen LogP contribution in [-0.4, -0.2) is 58.4 Å². The van der Waals surface area contributed by atoms with Crippen molar-refractivity contribution in [3.05, 3.63) is 64.2 Å². The normalized spacial score (nSPS) is 17.8. The number of fused-ring (bicyclic) bond motifs is 1. The molecule has 8 nitrogen and oxygen atoms in total. The number of nitrogens with one attached hydrogen (secondary N) is 1. The summed E-state index contributed by atoms with van der Waals surface area (Å²) in [4.78, 5) is 28.6. The highest BCUT2D eigenvalue weighted by molar-refractivity contribution is 7.80. The highest BCUT2D eigenvalue weighted by Gasteiger charge is 2.33. The Morgan fingerprint density at radius 3 is 2.56 bits per heavy atom. The van der Waals surface area contributed by atoms with Crippen LogP contribution >= 0.6 is 12.2 Å². The number of carboxylic acid groups (broad SMARTS) is 1. The maximum atomic E-state index is 15.6. The lowest BCUT2D eigenvalue weighted by molar-refractivity contribution is 0.0694. The van der Waals surface area contributed by atoms with Gasteiger partial charge in [0, 0.05) is 43.6 Å². The number of methoxy groups -OCH3 is 1. The number of anilines is 2. The van der Waals surface area contributed by atoms with Crippen LogP contribution in [0, 0.1) is 5.82 Å². The number of benzene rings is 2. The molecule has 2 heterocycles. The Morgan fingerprint density at radius 1 is 1.22 bits per heavy atom. The first-order chi connectivity index (χ1) is 17.3. The molecule has 2 aliphatic rings. The summed E-state index contributed by atoms with van der Waals surface area (Å²) in [7, 11) is 1.45. The average Bonchev–Trinajstić information content (AvgIpc) is 3.69. The van der Waals surface area contributed by atoms with E-state index in [0.29, 0.717) is 30.3 Å². The Labute approximate surface area is 212 Å². The van der Waals surface area contributed by atoms with Gasteiger partial charge in [-0.2, -0.15) is 0 Å². The van der Waals surface area contributed by atoms with E-state index in [1.807, 2.05) is 42.2 Å². The van der Waals surface area contributed by atoms with Gasteiger partial charge in [-0.15, -0.1) is 0 Å². The molecule has 1 saturated carbocycles. The van der Waals surface area contributed by atoms with Crippen LogP contribution in [-0.2, 0) is 0 Å². The molecular formula is C26H27FN4O4S. The smallest absolute Gasteiger partial charge is 0.341 e. The number of nitrogens with zero attached hydrogens (tertiary/aromatic N) is 3. The molecule has 0 bridgehead atoms. The number of hydrogen-bond donors (Lipinski definition) is 2. The zero-order valence-electron chi connectivity index (χ0n) is 20.0. The van der Waals surface area contributed by atoms with Crippen molar-refractivity contribution in [2.24, 2.45) is 0 Å². The fourth-order valence-corrected chi connectivity index (χ4v) is 5.29. The van der Waals surface area contributed by atoms with E-state index in [1.54, 1.807) is 4.57 Å². The lowest BCUT2D eigenvalue weighted by atomic mass is 10.1. The molecule has 1 saturated heterocycles. The summed E-state index contributed by atoms with van der Waals surface area (Å²) in [5.41, 5.74) is 0.523. The summed E-state index contributed by atoms with van der Waals surface area (Å²) in [6.07, 6.45) is 3.08. The van der Waals surface area contributed by atoms with Crippen LogP contribution in [0.4, 0.5) is 15.8 Å². The largest absolute Gasteiger partial charge is 0.492 e. The average molecular weight is 511 g/mol. The van der Waals surface area contributed by atoms with Gasteiger partial charge in [0.15, 0.2) is 16.7 Å². The number of piperazine rings is 1. The molecule has 1 atom stereocenters. The fourth-order valence-electron chi connectivity index (χ4n) is 4.90. The fraction of sp³-hybridized carbons (Fsp3) is 0.346. The summed E-state index contributed by atoms with van der Waals surface area (Å²) < 4.78 is 23.1.